The molecule has 1 saturated heterocycles. The van der Waals surface area contributed by atoms with Crippen LogP contribution < -0.4 is 15.8 Å². The summed E-state index contributed by atoms with van der Waals surface area (Å²) in [5.74, 6) is -0.798. The fourth-order valence-corrected chi connectivity index (χ4v) is 5.39. The summed E-state index contributed by atoms with van der Waals surface area (Å²) in [5.41, 5.74) is 0.699. The van der Waals surface area contributed by atoms with Crippen molar-refractivity contribution in [2.45, 2.75) is 18.9 Å². The number of aromatic nitrogens is 2. The molecule has 32 heavy (non-hydrogen) atoms. The minimum absolute atomic E-state index is 0.135. The van der Waals surface area contributed by atoms with Crippen molar-refractivity contribution < 1.29 is 14.4 Å². The number of rotatable bonds is 0. The molecule has 1 N–H and O–H groups in total. The summed E-state index contributed by atoms with van der Waals surface area (Å²) >= 11 is 0. The van der Waals surface area contributed by atoms with E-state index in [1.165, 1.54) is 11.4 Å². The van der Waals surface area contributed by atoms with Crippen molar-refractivity contribution in [2.75, 3.05) is 18.5 Å². The summed E-state index contributed by atoms with van der Waals surface area (Å²) < 4.78 is 1.42. The molecule has 4 amide bonds. The SMILES string of the molecule is CN1C(=O)NC(=O)C2(Cc3c(nc4ccccn4c3=O)N3CCc4ccccc4C32)C1=O. The van der Waals surface area contributed by atoms with Crippen LogP contribution in [0.4, 0.5) is 10.6 Å². The van der Waals surface area contributed by atoms with Gasteiger partial charge in [0.1, 0.15) is 11.5 Å². The van der Waals surface area contributed by atoms with Crippen molar-refractivity contribution in [1.29, 1.82) is 0 Å². The van der Waals surface area contributed by atoms with Gasteiger partial charge in [-0.05, 0) is 29.7 Å². The van der Waals surface area contributed by atoms with Crippen LogP contribution in [0.15, 0.2) is 53.5 Å². The van der Waals surface area contributed by atoms with Gasteiger partial charge in [0.25, 0.3) is 5.56 Å². The molecule has 2 atom stereocenters. The maximum atomic E-state index is 13.7. The van der Waals surface area contributed by atoms with Gasteiger partial charge in [-0.2, -0.15) is 0 Å². The molecule has 2 unspecified atom stereocenters. The molecular weight excluding hydrogens is 410 g/mol. The molecule has 0 radical (unpaired) electrons. The Morgan fingerprint density at radius 3 is 2.69 bits per heavy atom. The zero-order valence-corrected chi connectivity index (χ0v) is 17.2. The Morgan fingerprint density at radius 1 is 1.06 bits per heavy atom. The number of amides is 4. The van der Waals surface area contributed by atoms with Crippen LogP contribution in [0.5, 0.6) is 0 Å². The Balaban J connectivity index is 1.69. The summed E-state index contributed by atoms with van der Waals surface area (Å²) in [6.45, 7) is 0.490. The highest BCUT2D eigenvalue weighted by Gasteiger charge is 2.63. The molecule has 3 aliphatic rings. The summed E-state index contributed by atoms with van der Waals surface area (Å²) in [6, 6.07) is 11.5. The second kappa shape index (κ2) is 6.25. The Labute approximate surface area is 182 Å². The maximum Gasteiger partial charge on any atom is 0.330 e. The number of nitrogens with zero attached hydrogens (tertiary/aromatic N) is 4. The number of nitrogens with one attached hydrogen (secondary N) is 1. The lowest BCUT2D eigenvalue weighted by Crippen LogP contribution is -2.69. The smallest absolute Gasteiger partial charge is 0.330 e. The monoisotopic (exact) mass is 429 g/mol. The number of pyridine rings is 1. The first-order valence-corrected chi connectivity index (χ1v) is 10.4. The molecule has 1 aromatic carbocycles. The number of hydrogen-bond acceptors (Lipinski definition) is 6. The molecule has 0 aliphatic carbocycles. The van der Waals surface area contributed by atoms with Crippen LogP contribution in [0.25, 0.3) is 5.65 Å². The number of anilines is 1. The van der Waals surface area contributed by atoms with E-state index in [2.05, 4.69) is 5.32 Å². The summed E-state index contributed by atoms with van der Waals surface area (Å²) in [5, 5.41) is 2.34. The van der Waals surface area contributed by atoms with Gasteiger partial charge in [0, 0.05) is 26.2 Å². The third-order valence-corrected chi connectivity index (χ3v) is 6.90. The Hall–Kier alpha value is -4.01. The summed E-state index contributed by atoms with van der Waals surface area (Å²) in [6.07, 6.45) is 2.17. The van der Waals surface area contributed by atoms with Gasteiger partial charge in [-0.25, -0.2) is 9.78 Å². The van der Waals surface area contributed by atoms with E-state index in [-0.39, 0.29) is 12.0 Å². The zero-order valence-electron chi connectivity index (χ0n) is 17.2. The molecule has 9 nitrogen and oxygen atoms in total. The summed E-state index contributed by atoms with van der Waals surface area (Å²) in [7, 11) is 1.35. The van der Waals surface area contributed by atoms with E-state index in [0.717, 1.165) is 16.0 Å². The lowest BCUT2D eigenvalue weighted by molar-refractivity contribution is -0.153. The van der Waals surface area contributed by atoms with Crippen LogP contribution in [0.3, 0.4) is 0 Å². The van der Waals surface area contributed by atoms with Crippen molar-refractivity contribution in [3.8, 4) is 0 Å². The summed E-state index contributed by atoms with van der Waals surface area (Å²) in [4.78, 5) is 60.4. The van der Waals surface area contributed by atoms with Gasteiger partial charge in [-0.15, -0.1) is 0 Å². The van der Waals surface area contributed by atoms with Gasteiger partial charge < -0.3 is 4.90 Å². The topological polar surface area (TPSA) is 104 Å². The number of benzene rings is 1. The van der Waals surface area contributed by atoms with Crippen LogP contribution in [-0.4, -0.2) is 45.7 Å². The number of carbonyl (C=O) groups excluding carboxylic acids is 3. The highest BCUT2D eigenvalue weighted by molar-refractivity contribution is 6.20. The minimum atomic E-state index is -1.66. The quantitative estimate of drug-likeness (QED) is 0.536. The van der Waals surface area contributed by atoms with Crippen LogP contribution in [-0.2, 0) is 22.4 Å². The lowest BCUT2D eigenvalue weighted by Gasteiger charge is -2.52. The number of barbiturate groups is 1. The predicted molar refractivity (Wildman–Crippen MR) is 114 cm³/mol. The Kier molecular flexibility index (Phi) is 3.66. The fourth-order valence-electron chi connectivity index (χ4n) is 5.39. The number of hydrogen-bond donors (Lipinski definition) is 1. The first-order valence-electron chi connectivity index (χ1n) is 10.4. The average molecular weight is 429 g/mol. The van der Waals surface area contributed by atoms with Crippen LogP contribution in [0.1, 0.15) is 22.7 Å². The van der Waals surface area contributed by atoms with Crippen LogP contribution in [0.2, 0.25) is 0 Å². The number of carbonyl (C=O) groups is 3. The van der Waals surface area contributed by atoms with Crippen LogP contribution in [0, 0.1) is 5.41 Å². The van der Waals surface area contributed by atoms with E-state index in [4.69, 9.17) is 4.98 Å². The molecule has 160 valence electrons. The van der Waals surface area contributed by atoms with Crippen molar-refractivity contribution in [2.24, 2.45) is 5.41 Å². The molecule has 5 heterocycles. The first-order chi connectivity index (χ1) is 15.4. The van der Waals surface area contributed by atoms with E-state index < -0.39 is 29.3 Å². The van der Waals surface area contributed by atoms with Crippen LogP contribution >= 0.6 is 0 Å². The number of imide groups is 2. The van der Waals surface area contributed by atoms with E-state index >= 15 is 0 Å². The highest BCUT2D eigenvalue weighted by Crippen LogP contribution is 2.52. The molecule has 3 aromatic rings. The first kappa shape index (κ1) is 18.7. The Morgan fingerprint density at radius 2 is 1.84 bits per heavy atom. The van der Waals surface area contributed by atoms with Gasteiger partial charge in [-0.1, -0.05) is 30.3 Å². The fraction of sp³-hybridized carbons (Fsp3) is 0.261. The Bertz CT molecular complexity index is 1410. The second-order valence-corrected chi connectivity index (χ2v) is 8.46. The number of urea groups is 1. The molecule has 2 aromatic heterocycles. The second-order valence-electron chi connectivity index (χ2n) is 8.46. The van der Waals surface area contributed by atoms with Crippen molar-refractivity contribution in [3.05, 3.63) is 75.7 Å². The van der Waals surface area contributed by atoms with Gasteiger partial charge >= 0.3 is 6.03 Å². The van der Waals surface area contributed by atoms with Crippen molar-refractivity contribution in [1.82, 2.24) is 19.6 Å². The van der Waals surface area contributed by atoms with Gasteiger partial charge in [0.15, 0.2) is 5.41 Å². The molecule has 1 spiro atoms. The predicted octanol–water partition coefficient (Wildman–Crippen LogP) is 1.05. The molecule has 6 rings (SSSR count). The van der Waals surface area contributed by atoms with Crippen molar-refractivity contribution in [3.63, 3.8) is 0 Å². The molecule has 0 bridgehead atoms. The van der Waals surface area contributed by atoms with E-state index in [0.29, 0.717) is 30.0 Å². The van der Waals surface area contributed by atoms with Gasteiger partial charge in [-0.3, -0.25) is 29.0 Å². The molecule has 1 fully saturated rings. The largest absolute Gasteiger partial charge is 0.347 e. The highest BCUT2D eigenvalue weighted by atomic mass is 16.2. The van der Waals surface area contributed by atoms with E-state index in [1.807, 2.05) is 29.2 Å². The van der Waals surface area contributed by atoms with Gasteiger partial charge in [0.05, 0.1) is 11.6 Å². The maximum absolute atomic E-state index is 13.7. The zero-order chi connectivity index (χ0) is 22.2. The molecule has 3 aliphatic heterocycles. The molecular formula is C23H19N5O4. The standard InChI is InChI=1S/C23H19N5O4/c1-26-21(31)23(20(30)25-22(26)32)12-15-18(24-16-8-4-5-10-27(16)19(15)29)28-11-9-13-6-2-3-7-14(13)17(23)28/h2-8,10,17H,9,11-12H2,1H3,(H,25,30,32). The average Bonchev–Trinajstić information content (AvgIpc) is 2.81. The molecule has 9 heteroatoms. The normalized spacial score (nSPS) is 24.3. The van der Waals surface area contributed by atoms with Crippen molar-refractivity contribution >= 4 is 29.3 Å². The number of fused-ring (bicyclic) bond motifs is 7. The third kappa shape index (κ3) is 2.20. The third-order valence-electron chi connectivity index (χ3n) is 6.90. The van der Waals surface area contributed by atoms with E-state index in [1.54, 1.807) is 24.4 Å². The molecule has 0 saturated carbocycles. The van der Waals surface area contributed by atoms with Gasteiger partial charge in [0.2, 0.25) is 11.8 Å². The minimum Gasteiger partial charge on any atom is -0.347 e. The van der Waals surface area contributed by atoms with E-state index in [9.17, 15) is 19.2 Å². The lowest BCUT2D eigenvalue weighted by atomic mass is 9.65.